The van der Waals surface area contributed by atoms with Crippen molar-refractivity contribution >= 4 is 17.7 Å². The van der Waals surface area contributed by atoms with Gasteiger partial charge in [-0.3, -0.25) is 24.6 Å². The van der Waals surface area contributed by atoms with Gasteiger partial charge in [-0.05, 0) is 57.2 Å². The average Bonchev–Trinajstić information content (AvgIpc) is 3.64. The van der Waals surface area contributed by atoms with Gasteiger partial charge >= 0.3 is 0 Å². The summed E-state index contributed by atoms with van der Waals surface area (Å²) in [5.74, 6) is 0.665. The highest BCUT2D eigenvalue weighted by atomic mass is 16.5. The van der Waals surface area contributed by atoms with E-state index in [1.54, 1.807) is 36.9 Å². The summed E-state index contributed by atoms with van der Waals surface area (Å²) in [6, 6.07) is 6.45. The molecule has 0 bridgehead atoms. The maximum atomic E-state index is 13.8. The fraction of sp³-hybridized carbons (Fsp3) is 0.464. The SMILES string of the molecule is Cc1cc(-c2onc(C)c2C(=O)N2CCCC[C@H]2COc2ccc3c(c2)CN(C2CCC(=O)NC2=O)C3O)no1. The van der Waals surface area contributed by atoms with E-state index in [-0.39, 0.29) is 30.2 Å². The van der Waals surface area contributed by atoms with E-state index in [2.05, 4.69) is 15.6 Å². The van der Waals surface area contributed by atoms with Crippen molar-refractivity contribution in [3.05, 3.63) is 52.4 Å². The number of nitrogens with zero attached hydrogens (tertiary/aromatic N) is 4. The first-order valence-corrected chi connectivity index (χ1v) is 13.5. The Kier molecular flexibility index (Phi) is 6.88. The van der Waals surface area contributed by atoms with E-state index >= 15 is 0 Å². The number of aryl methyl sites for hydroxylation is 2. The second kappa shape index (κ2) is 10.5. The molecule has 3 aliphatic heterocycles. The van der Waals surface area contributed by atoms with E-state index < -0.39 is 12.3 Å². The molecule has 2 aromatic heterocycles. The van der Waals surface area contributed by atoms with Crippen LogP contribution in [0.3, 0.4) is 0 Å². The van der Waals surface area contributed by atoms with Gasteiger partial charge in [0.15, 0.2) is 5.69 Å². The van der Waals surface area contributed by atoms with Gasteiger partial charge in [-0.2, -0.15) is 0 Å². The zero-order valence-electron chi connectivity index (χ0n) is 22.4. The van der Waals surface area contributed by atoms with E-state index in [1.165, 1.54) is 0 Å². The number of carbonyl (C=O) groups is 3. The second-order valence-corrected chi connectivity index (χ2v) is 10.6. The first-order valence-electron chi connectivity index (χ1n) is 13.5. The number of imide groups is 1. The van der Waals surface area contributed by atoms with Gasteiger partial charge < -0.3 is 23.8 Å². The Morgan fingerprint density at radius 1 is 1.15 bits per heavy atom. The molecule has 0 saturated carbocycles. The standard InChI is InChI=1S/C28H31N5O7/c1-15-11-21(31-39-15)25-24(16(2)30-40-25)28(37)32-10-4-3-5-18(32)14-38-19-6-7-20-17(12-19)13-33(27(20)36)22-8-9-23(34)29-26(22)35/h6-7,11-12,18,22,27,36H,3-5,8-10,13-14H2,1-2H3,(H,29,34,35)/t18-,22?,27?/m0/s1. The van der Waals surface area contributed by atoms with Gasteiger partial charge in [0.2, 0.25) is 17.6 Å². The van der Waals surface area contributed by atoms with Crippen LogP contribution in [0.4, 0.5) is 0 Å². The molecule has 6 rings (SSSR count). The first kappa shape index (κ1) is 26.2. The molecule has 3 amide bonds. The molecule has 0 aliphatic carbocycles. The Hall–Kier alpha value is -4.03. The Morgan fingerprint density at radius 2 is 2.00 bits per heavy atom. The summed E-state index contributed by atoms with van der Waals surface area (Å²) in [6.45, 7) is 4.76. The van der Waals surface area contributed by atoms with Crippen LogP contribution >= 0.6 is 0 Å². The molecule has 2 N–H and O–H groups in total. The van der Waals surface area contributed by atoms with Crippen LogP contribution in [0.5, 0.6) is 5.75 Å². The van der Waals surface area contributed by atoms with Crippen molar-refractivity contribution in [3.63, 3.8) is 0 Å². The Morgan fingerprint density at radius 3 is 2.77 bits per heavy atom. The van der Waals surface area contributed by atoms with Crippen molar-refractivity contribution in [2.24, 2.45) is 0 Å². The second-order valence-electron chi connectivity index (χ2n) is 10.6. The lowest BCUT2D eigenvalue weighted by Gasteiger charge is -2.35. The quantitative estimate of drug-likeness (QED) is 0.439. The third-order valence-corrected chi connectivity index (χ3v) is 7.94. The van der Waals surface area contributed by atoms with Gasteiger partial charge in [-0.15, -0.1) is 0 Å². The number of carbonyl (C=O) groups excluding carboxylic acids is 3. The van der Waals surface area contributed by atoms with Crippen LogP contribution in [0, 0.1) is 13.8 Å². The maximum absolute atomic E-state index is 13.8. The number of aliphatic hydroxyl groups excluding tert-OH is 1. The smallest absolute Gasteiger partial charge is 0.260 e. The number of hydrogen-bond acceptors (Lipinski definition) is 10. The highest BCUT2D eigenvalue weighted by Gasteiger charge is 2.40. The van der Waals surface area contributed by atoms with E-state index in [1.807, 2.05) is 11.0 Å². The van der Waals surface area contributed by atoms with Gasteiger partial charge in [0.1, 0.15) is 29.9 Å². The molecule has 3 aliphatic rings. The van der Waals surface area contributed by atoms with Gasteiger partial charge in [-0.1, -0.05) is 16.4 Å². The lowest BCUT2D eigenvalue weighted by atomic mass is 10.0. The number of aliphatic hydroxyl groups is 1. The molecule has 12 heteroatoms. The number of amides is 3. The molecule has 2 saturated heterocycles. The summed E-state index contributed by atoms with van der Waals surface area (Å²) >= 11 is 0. The molecular weight excluding hydrogens is 518 g/mol. The summed E-state index contributed by atoms with van der Waals surface area (Å²) in [4.78, 5) is 41.2. The summed E-state index contributed by atoms with van der Waals surface area (Å²) in [6.07, 6.45) is 2.34. The molecule has 3 aromatic rings. The first-order chi connectivity index (χ1) is 19.3. The van der Waals surface area contributed by atoms with E-state index in [0.29, 0.717) is 65.9 Å². The maximum Gasteiger partial charge on any atom is 0.260 e. The van der Waals surface area contributed by atoms with Crippen molar-refractivity contribution in [3.8, 4) is 17.2 Å². The lowest BCUT2D eigenvalue weighted by molar-refractivity contribution is -0.141. The number of piperidine rings is 2. The molecule has 3 atom stereocenters. The number of likely N-dealkylation sites (tertiary alicyclic amines) is 1. The number of aromatic nitrogens is 2. The summed E-state index contributed by atoms with van der Waals surface area (Å²) in [5, 5.41) is 21.2. The van der Waals surface area contributed by atoms with Crippen LogP contribution in [0.15, 0.2) is 33.3 Å². The molecule has 1 aromatic carbocycles. The third-order valence-electron chi connectivity index (χ3n) is 7.94. The van der Waals surface area contributed by atoms with Crippen LogP contribution in [-0.2, 0) is 16.1 Å². The van der Waals surface area contributed by atoms with Crippen LogP contribution in [0.25, 0.3) is 11.5 Å². The number of nitrogens with one attached hydrogen (secondary N) is 1. The fourth-order valence-electron chi connectivity index (χ4n) is 5.85. The van der Waals surface area contributed by atoms with Crippen LogP contribution in [0.2, 0.25) is 0 Å². The van der Waals surface area contributed by atoms with E-state index in [9.17, 15) is 19.5 Å². The molecule has 40 heavy (non-hydrogen) atoms. The molecular formula is C28H31N5O7. The van der Waals surface area contributed by atoms with Crippen molar-refractivity contribution in [2.75, 3.05) is 13.2 Å². The molecule has 0 radical (unpaired) electrons. The van der Waals surface area contributed by atoms with Crippen LogP contribution < -0.4 is 10.1 Å². The number of ether oxygens (including phenoxy) is 1. The molecule has 12 nitrogen and oxygen atoms in total. The lowest BCUT2D eigenvalue weighted by Crippen LogP contribution is -2.51. The summed E-state index contributed by atoms with van der Waals surface area (Å²) < 4.78 is 16.8. The predicted molar refractivity (Wildman–Crippen MR) is 139 cm³/mol. The fourth-order valence-corrected chi connectivity index (χ4v) is 5.85. The largest absolute Gasteiger partial charge is 0.491 e. The number of rotatable bonds is 6. The van der Waals surface area contributed by atoms with Crippen molar-refractivity contribution in [1.82, 2.24) is 25.4 Å². The van der Waals surface area contributed by atoms with Crippen LogP contribution in [0.1, 0.15) is 71.3 Å². The number of benzene rings is 1. The summed E-state index contributed by atoms with van der Waals surface area (Å²) in [5.41, 5.74) is 2.87. The minimum atomic E-state index is -0.936. The molecule has 0 spiro atoms. The number of fused-ring (bicyclic) bond motifs is 1. The average molecular weight is 550 g/mol. The zero-order chi connectivity index (χ0) is 28.0. The highest BCUT2D eigenvalue weighted by Crippen LogP contribution is 2.37. The third kappa shape index (κ3) is 4.77. The topological polar surface area (TPSA) is 151 Å². The Balaban J connectivity index is 1.15. The summed E-state index contributed by atoms with van der Waals surface area (Å²) in [7, 11) is 0. The molecule has 2 unspecified atom stereocenters. The molecule has 5 heterocycles. The van der Waals surface area contributed by atoms with Crippen molar-refractivity contribution < 1.29 is 33.3 Å². The molecule has 210 valence electrons. The van der Waals surface area contributed by atoms with E-state index in [0.717, 1.165) is 24.8 Å². The Labute approximate surface area is 230 Å². The normalized spacial score (nSPS) is 23.3. The minimum Gasteiger partial charge on any atom is -0.491 e. The van der Waals surface area contributed by atoms with Gasteiger partial charge in [-0.25, -0.2) is 0 Å². The van der Waals surface area contributed by atoms with E-state index in [4.69, 9.17) is 13.8 Å². The van der Waals surface area contributed by atoms with Gasteiger partial charge in [0, 0.05) is 31.1 Å². The zero-order valence-corrected chi connectivity index (χ0v) is 22.4. The number of hydrogen-bond donors (Lipinski definition) is 2. The predicted octanol–water partition coefficient (Wildman–Crippen LogP) is 2.63. The van der Waals surface area contributed by atoms with Crippen molar-refractivity contribution in [1.29, 1.82) is 0 Å². The monoisotopic (exact) mass is 549 g/mol. The molecule has 2 fully saturated rings. The van der Waals surface area contributed by atoms with Crippen molar-refractivity contribution in [2.45, 2.75) is 70.8 Å². The van der Waals surface area contributed by atoms with Crippen LogP contribution in [-0.4, -0.2) is 68.2 Å². The minimum absolute atomic E-state index is 0.152. The van der Waals surface area contributed by atoms with Gasteiger partial charge in [0.25, 0.3) is 5.91 Å². The van der Waals surface area contributed by atoms with Gasteiger partial charge in [0.05, 0.1) is 17.8 Å². The Bertz CT molecular complexity index is 1460. The highest BCUT2D eigenvalue weighted by molar-refractivity contribution is 6.01.